The van der Waals surface area contributed by atoms with Crippen LogP contribution in [0.1, 0.15) is 119 Å². The molecule has 2 bridgehead atoms. The highest BCUT2D eigenvalue weighted by Gasteiger charge is 2.42. The molecule has 2 aliphatic heterocycles. The fourth-order valence-electron chi connectivity index (χ4n) is 11.9. The molecular formula is C59H62N8O6. The van der Waals surface area contributed by atoms with Crippen LogP contribution in [0.3, 0.4) is 0 Å². The average molecular weight is 979 g/mol. The zero-order valence-electron chi connectivity index (χ0n) is 41.8. The third-order valence-corrected chi connectivity index (χ3v) is 15.5. The number of ether oxygens (including phenoxy) is 2. The van der Waals surface area contributed by atoms with E-state index >= 15 is 0 Å². The van der Waals surface area contributed by atoms with Crippen LogP contribution in [-0.2, 0) is 9.59 Å². The molecule has 4 heterocycles. The number of hydrogen-bond donors (Lipinski definition) is 4. The van der Waals surface area contributed by atoms with Crippen LogP contribution in [-0.4, -0.2) is 78.9 Å². The highest BCUT2D eigenvalue weighted by Crippen LogP contribution is 2.58. The number of nitrogens with zero attached hydrogens (tertiary/aromatic N) is 4. The quantitative estimate of drug-likeness (QED) is 0.0883. The number of nitrogens with one attached hydrogen (secondary N) is 4. The zero-order chi connectivity index (χ0) is 50.3. The van der Waals surface area contributed by atoms with Crippen LogP contribution < -0.4 is 20.1 Å². The lowest BCUT2D eigenvalue weighted by molar-refractivity contribution is -0.136. The second kappa shape index (κ2) is 20.0. The van der Waals surface area contributed by atoms with Crippen molar-refractivity contribution in [3.05, 3.63) is 144 Å². The number of likely N-dealkylation sites (tertiary alicyclic amines) is 2. The molecule has 3 fully saturated rings. The lowest BCUT2D eigenvalue weighted by Gasteiger charge is -2.30. The van der Waals surface area contributed by atoms with Crippen LogP contribution in [0, 0.1) is 11.8 Å². The summed E-state index contributed by atoms with van der Waals surface area (Å²) in [6, 6.07) is 35.5. The largest absolute Gasteiger partial charge is 0.413 e. The van der Waals surface area contributed by atoms with E-state index in [9.17, 15) is 19.2 Å². The summed E-state index contributed by atoms with van der Waals surface area (Å²) < 4.78 is 11.0. The van der Waals surface area contributed by atoms with Gasteiger partial charge in [0.05, 0.1) is 35.0 Å². The zero-order valence-corrected chi connectivity index (χ0v) is 41.8. The number of hydrogen-bond acceptors (Lipinski definition) is 8. The summed E-state index contributed by atoms with van der Waals surface area (Å²) in [7, 11) is 0. The van der Waals surface area contributed by atoms with E-state index in [1.54, 1.807) is 48.5 Å². The Labute approximate surface area is 425 Å². The second-order valence-electron chi connectivity index (χ2n) is 20.8. The monoisotopic (exact) mass is 978 g/mol. The average Bonchev–Trinajstić information content (AvgIpc) is 4.27. The van der Waals surface area contributed by atoms with E-state index < -0.39 is 24.3 Å². The Morgan fingerprint density at radius 2 is 1.10 bits per heavy atom. The third-order valence-electron chi connectivity index (χ3n) is 15.5. The smallest absolute Gasteiger partial charge is 0.410 e. The molecule has 5 aromatic carbocycles. The number of carbonyl (C=O) groups excluding carboxylic acids is 4. The Hall–Kier alpha value is -7.74. The fraction of sp³-hybridized carbons (Fsp3) is 0.356. The van der Waals surface area contributed by atoms with Gasteiger partial charge in [0.15, 0.2) is 0 Å². The van der Waals surface area contributed by atoms with Crippen molar-refractivity contribution in [2.45, 2.75) is 109 Å². The number of H-pyrrole nitrogens is 2. The van der Waals surface area contributed by atoms with Gasteiger partial charge in [0.25, 0.3) is 0 Å². The lowest BCUT2D eigenvalue weighted by Crippen LogP contribution is -2.51. The normalized spacial score (nSPS) is 19.9. The number of aromatic amines is 2. The number of amides is 4. The summed E-state index contributed by atoms with van der Waals surface area (Å²) >= 11 is 0. The van der Waals surface area contributed by atoms with Crippen molar-refractivity contribution in [2.24, 2.45) is 11.8 Å². The Kier molecular flexibility index (Phi) is 13.1. The van der Waals surface area contributed by atoms with E-state index in [1.165, 1.54) is 47.1 Å². The van der Waals surface area contributed by atoms with Crippen molar-refractivity contribution >= 4 is 35.0 Å². The minimum atomic E-state index is -0.751. The first kappa shape index (κ1) is 47.6. The molecule has 2 aromatic heterocycles. The number of para-hydroxylation sites is 2. The molecule has 73 heavy (non-hydrogen) atoms. The van der Waals surface area contributed by atoms with Gasteiger partial charge in [0.2, 0.25) is 11.8 Å². The van der Waals surface area contributed by atoms with E-state index in [0.717, 1.165) is 65.2 Å². The molecule has 4 N–H and O–H groups in total. The number of aromatic nitrogens is 4. The first-order chi connectivity index (χ1) is 35.5. The number of carbonyl (C=O) groups is 4. The Morgan fingerprint density at radius 3 is 1.64 bits per heavy atom. The summed E-state index contributed by atoms with van der Waals surface area (Å²) in [5, 5.41) is 5.66. The van der Waals surface area contributed by atoms with E-state index in [2.05, 4.69) is 75.2 Å². The molecular weight excluding hydrogens is 917 g/mol. The van der Waals surface area contributed by atoms with Gasteiger partial charge >= 0.3 is 12.2 Å². The van der Waals surface area contributed by atoms with E-state index in [0.29, 0.717) is 36.4 Å². The summed E-state index contributed by atoms with van der Waals surface area (Å²) in [5.41, 5.74) is 11.5. The van der Waals surface area contributed by atoms with E-state index in [-0.39, 0.29) is 35.7 Å². The van der Waals surface area contributed by atoms with Crippen molar-refractivity contribution in [3.8, 4) is 45.0 Å². The second-order valence-corrected chi connectivity index (χ2v) is 20.8. The minimum absolute atomic E-state index is 0.142. The maximum absolute atomic E-state index is 14.1. The minimum Gasteiger partial charge on any atom is -0.410 e. The van der Waals surface area contributed by atoms with Crippen LogP contribution in [0.4, 0.5) is 9.59 Å². The molecule has 2 saturated heterocycles. The molecule has 2 aliphatic carbocycles. The van der Waals surface area contributed by atoms with Gasteiger partial charge in [-0.3, -0.25) is 9.59 Å². The van der Waals surface area contributed by atoms with Crippen molar-refractivity contribution in [1.82, 2.24) is 40.4 Å². The Balaban J connectivity index is 0.792. The molecule has 4 amide bonds. The van der Waals surface area contributed by atoms with Crippen LogP contribution in [0.15, 0.2) is 121 Å². The van der Waals surface area contributed by atoms with Crippen LogP contribution in [0.5, 0.6) is 11.5 Å². The van der Waals surface area contributed by atoms with Crippen molar-refractivity contribution in [1.29, 1.82) is 0 Å². The summed E-state index contributed by atoms with van der Waals surface area (Å²) in [4.78, 5) is 74.7. The molecule has 14 heteroatoms. The Bertz CT molecular complexity index is 3170. The van der Waals surface area contributed by atoms with Crippen LogP contribution in [0.25, 0.3) is 44.5 Å². The van der Waals surface area contributed by atoms with Gasteiger partial charge in [-0.1, -0.05) is 107 Å². The van der Waals surface area contributed by atoms with Gasteiger partial charge in [0, 0.05) is 13.1 Å². The molecule has 1 saturated carbocycles. The molecule has 7 aromatic rings. The van der Waals surface area contributed by atoms with Crippen molar-refractivity contribution in [2.75, 3.05) is 13.1 Å². The molecule has 0 radical (unpaired) electrons. The third kappa shape index (κ3) is 9.46. The molecule has 14 nitrogen and oxygen atoms in total. The van der Waals surface area contributed by atoms with Gasteiger partial charge in [-0.05, 0) is 144 Å². The maximum Gasteiger partial charge on any atom is 0.413 e. The highest BCUT2D eigenvalue weighted by atomic mass is 16.6. The molecule has 6 atom stereocenters. The number of fused-ring (bicyclic) bond motifs is 6. The van der Waals surface area contributed by atoms with E-state index in [4.69, 9.17) is 19.4 Å². The molecule has 6 unspecified atom stereocenters. The van der Waals surface area contributed by atoms with Crippen molar-refractivity contribution in [3.63, 3.8) is 0 Å². The van der Waals surface area contributed by atoms with Gasteiger partial charge in [-0.15, -0.1) is 0 Å². The first-order valence-electron chi connectivity index (χ1n) is 26.0. The lowest BCUT2D eigenvalue weighted by atomic mass is 9.81. The van der Waals surface area contributed by atoms with Gasteiger partial charge in [0.1, 0.15) is 35.2 Å². The van der Waals surface area contributed by atoms with Crippen LogP contribution >= 0.6 is 0 Å². The van der Waals surface area contributed by atoms with Crippen LogP contribution in [0.2, 0.25) is 0 Å². The predicted molar refractivity (Wildman–Crippen MR) is 280 cm³/mol. The number of benzene rings is 5. The van der Waals surface area contributed by atoms with E-state index in [1.807, 2.05) is 55.8 Å². The standard InChI is InChI=1S/C59H62N8O6/c1-34(2)52(64-58(70)72-41-13-7-5-8-14-41)56(68)66-29-11-17-48(66)54-60-33-47(63-54)37-21-19-36(20-22-37)43-26-27-44(51-40-24-23-39(31-40)50(43)51)38-25-28-45-46(32-38)62-55(61-45)49-18-12-30-67(49)57(69)53(35(3)4)65-59(71)73-42-15-9-6-10-16-42/h5-10,13-16,19-22,25-28,32-35,39-40,48-49,52-53H,11-12,17-18,23-24,29-31H2,1-4H3,(H,60,63)(H,61,62)(H,64,70)(H,65,71). The summed E-state index contributed by atoms with van der Waals surface area (Å²) in [6.45, 7) is 8.86. The highest BCUT2D eigenvalue weighted by molar-refractivity contribution is 5.89. The van der Waals surface area contributed by atoms with Crippen molar-refractivity contribution < 1.29 is 28.7 Å². The molecule has 4 aliphatic rings. The molecule has 0 spiro atoms. The Morgan fingerprint density at radius 1 is 0.589 bits per heavy atom. The maximum atomic E-state index is 14.1. The summed E-state index contributed by atoms with van der Waals surface area (Å²) in [5.74, 6) is 2.74. The molecule has 11 rings (SSSR count). The number of rotatable bonds is 13. The van der Waals surface area contributed by atoms with Gasteiger partial charge < -0.3 is 39.9 Å². The fourth-order valence-corrected chi connectivity index (χ4v) is 11.9. The first-order valence-corrected chi connectivity index (χ1v) is 26.0. The van der Waals surface area contributed by atoms with Gasteiger partial charge in [-0.2, -0.15) is 0 Å². The number of imidazole rings is 2. The topological polar surface area (TPSA) is 175 Å². The SMILES string of the molecule is CC(C)C(NC(=O)Oc1ccccc1)C(=O)N1CCCC1c1ncc(-c2ccc(-c3ccc(-c4ccc5nc(C6CCCN6C(=O)C(NC(=O)Oc6ccccc6)C(C)C)[nH]c5c4)c4c3C3CCC4C3)cc2)[nH]1. The predicted octanol–water partition coefficient (Wildman–Crippen LogP) is 11.6. The summed E-state index contributed by atoms with van der Waals surface area (Å²) in [6.07, 6.45) is 7.30. The van der Waals surface area contributed by atoms with Gasteiger partial charge in [-0.25, -0.2) is 19.6 Å². The molecule has 374 valence electrons.